The van der Waals surface area contributed by atoms with Crippen LogP contribution in [0.15, 0.2) is 16.9 Å². The Kier molecular flexibility index (Phi) is 3.77. The molecule has 6 heteroatoms. The van der Waals surface area contributed by atoms with Crippen LogP contribution in [0.1, 0.15) is 53.3 Å². The number of aryl methyl sites for hydroxylation is 2. The molecule has 1 fully saturated rings. The van der Waals surface area contributed by atoms with E-state index in [-0.39, 0.29) is 5.91 Å². The number of piperidine rings is 1. The molecule has 0 aromatic carbocycles. The van der Waals surface area contributed by atoms with E-state index < -0.39 is 0 Å². The fraction of sp³-hybridized carbons (Fsp3) is 0.533. The average Bonchev–Trinajstić information content (AvgIpc) is 3.15. The Morgan fingerprint density at radius 3 is 3.14 bits per heavy atom. The predicted molar refractivity (Wildman–Crippen MR) is 77.1 cm³/mol. The molecule has 0 spiro atoms. The number of oxazole rings is 1. The van der Waals surface area contributed by atoms with Crippen LogP contribution < -0.4 is 0 Å². The molecule has 0 bridgehead atoms. The van der Waals surface area contributed by atoms with E-state index in [0.29, 0.717) is 30.3 Å². The van der Waals surface area contributed by atoms with Gasteiger partial charge >= 0.3 is 0 Å². The smallest absolute Gasteiger partial charge is 0.276 e. The number of carbonyl (C=O) groups is 1. The van der Waals surface area contributed by atoms with E-state index in [2.05, 4.69) is 21.2 Å². The Morgan fingerprint density at radius 2 is 2.43 bits per heavy atom. The van der Waals surface area contributed by atoms with Crippen molar-refractivity contribution < 1.29 is 9.21 Å². The van der Waals surface area contributed by atoms with Gasteiger partial charge in [0.25, 0.3) is 5.91 Å². The summed E-state index contributed by atoms with van der Waals surface area (Å²) in [7, 11) is 0. The largest absolute Gasteiger partial charge is 0.448 e. The molecule has 3 rings (SSSR count). The third-order valence-electron chi connectivity index (χ3n) is 4.02. The summed E-state index contributed by atoms with van der Waals surface area (Å²) in [6.07, 6.45) is 4.08. The molecule has 1 N–H and O–H groups in total. The molecule has 0 aliphatic carbocycles. The van der Waals surface area contributed by atoms with Gasteiger partial charge in [-0.05, 0) is 25.8 Å². The molecule has 1 aliphatic heterocycles. The van der Waals surface area contributed by atoms with E-state index in [9.17, 15) is 4.79 Å². The lowest BCUT2D eigenvalue weighted by Gasteiger charge is -2.31. The van der Waals surface area contributed by atoms with E-state index in [0.717, 1.165) is 30.8 Å². The van der Waals surface area contributed by atoms with Crippen molar-refractivity contribution in [2.45, 2.75) is 39.0 Å². The fourth-order valence-electron chi connectivity index (χ4n) is 2.90. The number of amides is 1. The first-order chi connectivity index (χ1) is 10.2. The Hall–Kier alpha value is -2.11. The second kappa shape index (κ2) is 5.71. The highest BCUT2D eigenvalue weighted by Gasteiger charge is 2.29. The molecule has 1 atom stereocenters. The molecule has 3 heterocycles. The molecule has 2 aromatic rings. The van der Waals surface area contributed by atoms with E-state index >= 15 is 0 Å². The second-order valence-electron chi connectivity index (χ2n) is 5.54. The number of aromatic nitrogens is 3. The Morgan fingerprint density at radius 1 is 1.57 bits per heavy atom. The van der Waals surface area contributed by atoms with Crippen molar-refractivity contribution in [3.05, 3.63) is 35.3 Å². The number of likely N-dealkylation sites (tertiary alicyclic amines) is 1. The SMILES string of the molecule is CCc1ocnc1C(=O)N1CCCC(c2cc(C)[nH]n2)C1. The van der Waals surface area contributed by atoms with Crippen molar-refractivity contribution in [3.63, 3.8) is 0 Å². The number of rotatable bonds is 3. The van der Waals surface area contributed by atoms with Crippen molar-refractivity contribution in [2.24, 2.45) is 0 Å². The average molecular weight is 288 g/mol. The summed E-state index contributed by atoms with van der Waals surface area (Å²) in [5, 5.41) is 7.31. The summed E-state index contributed by atoms with van der Waals surface area (Å²) in [5.74, 6) is 0.930. The standard InChI is InChI=1S/C15H20N4O2/c1-3-13-14(16-9-21-13)15(20)19-6-4-5-11(8-19)12-7-10(2)17-18-12/h7,9,11H,3-6,8H2,1-2H3,(H,17,18). The molecular formula is C15H20N4O2. The van der Waals surface area contributed by atoms with E-state index in [1.807, 2.05) is 18.7 Å². The molecule has 0 radical (unpaired) electrons. The van der Waals surface area contributed by atoms with Crippen molar-refractivity contribution in [1.82, 2.24) is 20.1 Å². The van der Waals surface area contributed by atoms with Crippen molar-refractivity contribution in [3.8, 4) is 0 Å². The van der Waals surface area contributed by atoms with Crippen molar-refractivity contribution >= 4 is 5.91 Å². The molecular weight excluding hydrogens is 268 g/mol. The molecule has 1 saturated heterocycles. The Labute approximate surface area is 123 Å². The minimum Gasteiger partial charge on any atom is -0.448 e. The third kappa shape index (κ3) is 2.70. The summed E-state index contributed by atoms with van der Waals surface area (Å²) >= 11 is 0. The van der Waals surface area contributed by atoms with E-state index in [4.69, 9.17) is 4.42 Å². The molecule has 21 heavy (non-hydrogen) atoms. The normalized spacial score (nSPS) is 19.0. The fourth-order valence-corrected chi connectivity index (χ4v) is 2.90. The van der Waals surface area contributed by atoms with Gasteiger partial charge in [0.1, 0.15) is 5.76 Å². The van der Waals surface area contributed by atoms with Crippen LogP contribution in [-0.4, -0.2) is 39.1 Å². The van der Waals surface area contributed by atoms with Gasteiger partial charge in [0.15, 0.2) is 12.1 Å². The van der Waals surface area contributed by atoms with Gasteiger partial charge in [0, 0.05) is 31.1 Å². The van der Waals surface area contributed by atoms with Crippen molar-refractivity contribution in [1.29, 1.82) is 0 Å². The highest BCUT2D eigenvalue weighted by molar-refractivity contribution is 5.93. The van der Waals surface area contributed by atoms with Gasteiger partial charge in [0.05, 0.1) is 5.69 Å². The minimum atomic E-state index is -0.0300. The van der Waals surface area contributed by atoms with Gasteiger partial charge in [-0.1, -0.05) is 6.92 Å². The van der Waals surface area contributed by atoms with Crippen LogP contribution in [0.5, 0.6) is 0 Å². The molecule has 112 valence electrons. The van der Waals surface area contributed by atoms with Crippen LogP contribution in [-0.2, 0) is 6.42 Å². The van der Waals surface area contributed by atoms with Crippen molar-refractivity contribution in [2.75, 3.05) is 13.1 Å². The first kappa shape index (κ1) is 13.9. The van der Waals surface area contributed by atoms with Crippen LogP contribution >= 0.6 is 0 Å². The number of hydrogen-bond acceptors (Lipinski definition) is 4. The van der Waals surface area contributed by atoms with E-state index in [1.165, 1.54) is 6.39 Å². The lowest BCUT2D eigenvalue weighted by atomic mass is 9.94. The second-order valence-corrected chi connectivity index (χ2v) is 5.54. The Bertz CT molecular complexity index is 631. The van der Waals surface area contributed by atoms with Crippen LogP contribution in [0.25, 0.3) is 0 Å². The van der Waals surface area contributed by atoms with Crippen LogP contribution in [0, 0.1) is 6.92 Å². The zero-order chi connectivity index (χ0) is 14.8. The third-order valence-corrected chi connectivity index (χ3v) is 4.02. The Balaban J connectivity index is 1.75. The summed E-state index contributed by atoms with van der Waals surface area (Å²) in [6.45, 7) is 5.42. The van der Waals surface area contributed by atoms with Gasteiger partial charge in [0.2, 0.25) is 0 Å². The zero-order valence-corrected chi connectivity index (χ0v) is 12.4. The highest BCUT2D eigenvalue weighted by atomic mass is 16.3. The van der Waals surface area contributed by atoms with Crippen LogP contribution in [0.4, 0.5) is 0 Å². The summed E-state index contributed by atoms with van der Waals surface area (Å²) in [4.78, 5) is 18.6. The lowest BCUT2D eigenvalue weighted by molar-refractivity contribution is 0.0698. The van der Waals surface area contributed by atoms with Crippen LogP contribution in [0.3, 0.4) is 0 Å². The maximum atomic E-state index is 12.6. The topological polar surface area (TPSA) is 75.0 Å². The number of nitrogens with one attached hydrogen (secondary N) is 1. The maximum absolute atomic E-state index is 12.6. The number of H-pyrrole nitrogens is 1. The van der Waals surface area contributed by atoms with Gasteiger partial charge in [-0.3, -0.25) is 9.89 Å². The van der Waals surface area contributed by atoms with Gasteiger partial charge in [-0.25, -0.2) is 4.98 Å². The van der Waals surface area contributed by atoms with Gasteiger partial charge in [-0.15, -0.1) is 0 Å². The summed E-state index contributed by atoms with van der Waals surface area (Å²) in [6, 6.07) is 2.06. The quantitative estimate of drug-likeness (QED) is 0.940. The predicted octanol–water partition coefficient (Wildman–Crippen LogP) is 2.29. The van der Waals surface area contributed by atoms with Gasteiger partial charge < -0.3 is 9.32 Å². The zero-order valence-electron chi connectivity index (χ0n) is 12.4. The van der Waals surface area contributed by atoms with Crippen LogP contribution in [0.2, 0.25) is 0 Å². The highest BCUT2D eigenvalue weighted by Crippen LogP contribution is 2.27. The molecule has 6 nitrogen and oxygen atoms in total. The minimum absolute atomic E-state index is 0.0300. The molecule has 1 aliphatic rings. The lowest BCUT2D eigenvalue weighted by Crippen LogP contribution is -2.39. The first-order valence-electron chi connectivity index (χ1n) is 7.42. The number of nitrogens with zero attached hydrogens (tertiary/aromatic N) is 3. The molecule has 2 aromatic heterocycles. The van der Waals surface area contributed by atoms with Gasteiger partial charge in [-0.2, -0.15) is 5.10 Å². The maximum Gasteiger partial charge on any atom is 0.276 e. The monoisotopic (exact) mass is 288 g/mol. The first-order valence-corrected chi connectivity index (χ1v) is 7.42. The van der Waals surface area contributed by atoms with E-state index in [1.54, 1.807) is 0 Å². The number of hydrogen-bond donors (Lipinski definition) is 1. The number of carbonyl (C=O) groups excluding carboxylic acids is 1. The molecule has 1 amide bonds. The summed E-state index contributed by atoms with van der Waals surface area (Å²) in [5.41, 5.74) is 2.55. The molecule has 0 saturated carbocycles. The summed E-state index contributed by atoms with van der Waals surface area (Å²) < 4.78 is 5.26. The molecule has 1 unspecified atom stereocenters. The number of aromatic amines is 1.